The van der Waals surface area contributed by atoms with Crippen LogP contribution < -0.4 is 15.4 Å². The SMILES string of the molecule is CCNC(=NCc1ccnc(OCC)c1)NCC(CC(C)C)N1CCOCC1. The van der Waals surface area contributed by atoms with Crippen LogP contribution in [0.25, 0.3) is 0 Å². The molecule has 0 saturated carbocycles. The summed E-state index contributed by atoms with van der Waals surface area (Å²) in [6, 6.07) is 4.41. The Balaban J connectivity index is 1.97. The van der Waals surface area contributed by atoms with Crippen molar-refractivity contribution in [3.63, 3.8) is 0 Å². The van der Waals surface area contributed by atoms with Gasteiger partial charge in [0.05, 0.1) is 26.4 Å². The lowest BCUT2D eigenvalue weighted by atomic mass is 10.0. The van der Waals surface area contributed by atoms with E-state index in [9.17, 15) is 0 Å². The molecule has 0 aromatic carbocycles. The highest BCUT2D eigenvalue weighted by Gasteiger charge is 2.22. The molecule has 2 N–H and O–H groups in total. The fourth-order valence-corrected chi connectivity index (χ4v) is 3.35. The van der Waals surface area contributed by atoms with Crippen LogP contribution in [-0.4, -0.2) is 67.9 Å². The number of ether oxygens (including phenoxy) is 2. The number of nitrogens with one attached hydrogen (secondary N) is 2. The van der Waals surface area contributed by atoms with Crippen LogP contribution in [0.4, 0.5) is 0 Å². The molecular formula is C21H37N5O2. The number of aliphatic imine (C=N–C) groups is 1. The van der Waals surface area contributed by atoms with Gasteiger partial charge >= 0.3 is 0 Å². The summed E-state index contributed by atoms with van der Waals surface area (Å²) < 4.78 is 11.0. The predicted molar refractivity (Wildman–Crippen MR) is 114 cm³/mol. The quantitative estimate of drug-likeness (QED) is 0.471. The number of pyridine rings is 1. The van der Waals surface area contributed by atoms with Gasteiger partial charge in [0.15, 0.2) is 5.96 Å². The number of aromatic nitrogens is 1. The Kier molecular flexibility index (Phi) is 10.1. The Hall–Kier alpha value is -1.86. The van der Waals surface area contributed by atoms with Gasteiger partial charge in [-0.25, -0.2) is 9.98 Å². The number of rotatable bonds is 10. The maximum Gasteiger partial charge on any atom is 0.213 e. The van der Waals surface area contributed by atoms with Gasteiger partial charge in [-0.05, 0) is 37.8 Å². The van der Waals surface area contributed by atoms with E-state index in [-0.39, 0.29) is 0 Å². The second kappa shape index (κ2) is 12.6. The zero-order valence-electron chi connectivity index (χ0n) is 17.9. The van der Waals surface area contributed by atoms with E-state index in [1.165, 1.54) is 0 Å². The minimum atomic E-state index is 0.484. The molecule has 0 amide bonds. The van der Waals surface area contributed by atoms with Crippen LogP contribution in [-0.2, 0) is 11.3 Å². The molecule has 0 aliphatic carbocycles. The maximum absolute atomic E-state index is 5.52. The van der Waals surface area contributed by atoms with Crippen LogP contribution in [0.2, 0.25) is 0 Å². The van der Waals surface area contributed by atoms with Gasteiger partial charge in [0.1, 0.15) is 0 Å². The van der Waals surface area contributed by atoms with E-state index >= 15 is 0 Å². The van der Waals surface area contributed by atoms with Gasteiger partial charge in [-0.2, -0.15) is 0 Å². The summed E-state index contributed by atoms with van der Waals surface area (Å²) >= 11 is 0. The molecule has 2 rings (SSSR count). The third-order valence-corrected chi connectivity index (χ3v) is 4.67. The lowest BCUT2D eigenvalue weighted by molar-refractivity contribution is 0.0132. The van der Waals surface area contributed by atoms with Crippen molar-refractivity contribution in [1.82, 2.24) is 20.5 Å². The fraction of sp³-hybridized carbons (Fsp3) is 0.714. The standard InChI is InChI=1S/C21H37N5O2/c1-5-22-21(24-15-18-7-8-23-20(14-18)28-6-2)25-16-19(13-17(3)4)26-9-11-27-12-10-26/h7-8,14,17,19H,5-6,9-13,15-16H2,1-4H3,(H2,22,24,25). The average molecular weight is 392 g/mol. The van der Waals surface area contributed by atoms with Gasteiger partial charge in [0.25, 0.3) is 0 Å². The van der Waals surface area contributed by atoms with Crippen LogP contribution in [0, 0.1) is 5.92 Å². The predicted octanol–water partition coefficient (Wildman–Crippen LogP) is 2.28. The molecule has 1 saturated heterocycles. The molecular weight excluding hydrogens is 354 g/mol. The Morgan fingerprint density at radius 3 is 2.75 bits per heavy atom. The summed E-state index contributed by atoms with van der Waals surface area (Å²) in [6.07, 6.45) is 2.93. The molecule has 1 fully saturated rings. The monoisotopic (exact) mass is 391 g/mol. The molecule has 0 radical (unpaired) electrons. The first kappa shape index (κ1) is 22.4. The molecule has 1 aliphatic rings. The summed E-state index contributed by atoms with van der Waals surface area (Å²) in [5, 5.41) is 6.90. The van der Waals surface area contributed by atoms with E-state index < -0.39 is 0 Å². The lowest BCUT2D eigenvalue weighted by Crippen LogP contribution is -2.51. The van der Waals surface area contributed by atoms with Crippen molar-refractivity contribution in [2.45, 2.75) is 46.7 Å². The second-order valence-electron chi connectivity index (χ2n) is 7.44. The van der Waals surface area contributed by atoms with Gasteiger partial charge in [-0.1, -0.05) is 13.8 Å². The van der Waals surface area contributed by atoms with Crippen molar-refractivity contribution in [1.29, 1.82) is 0 Å². The van der Waals surface area contributed by atoms with Crippen LogP contribution >= 0.6 is 0 Å². The molecule has 0 spiro atoms. The molecule has 7 nitrogen and oxygen atoms in total. The highest BCUT2D eigenvalue weighted by Crippen LogP contribution is 2.13. The van der Waals surface area contributed by atoms with Crippen molar-refractivity contribution in [3.8, 4) is 5.88 Å². The van der Waals surface area contributed by atoms with Gasteiger partial charge in [-0.3, -0.25) is 4.90 Å². The van der Waals surface area contributed by atoms with Crippen LogP contribution in [0.1, 0.15) is 39.7 Å². The highest BCUT2D eigenvalue weighted by molar-refractivity contribution is 5.79. The van der Waals surface area contributed by atoms with Gasteiger partial charge in [-0.15, -0.1) is 0 Å². The summed E-state index contributed by atoms with van der Waals surface area (Å²) in [4.78, 5) is 11.5. The summed E-state index contributed by atoms with van der Waals surface area (Å²) in [7, 11) is 0. The average Bonchev–Trinajstić information content (AvgIpc) is 2.70. The third-order valence-electron chi connectivity index (χ3n) is 4.67. The maximum atomic E-state index is 5.52. The number of guanidine groups is 1. The van der Waals surface area contributed by atoms with E-state index in [2.05, 4.69) is 41.3 Å². The third kappa shape index (κ3) is 8.02. The zero-order chi connectivity index (χ0) is 20.2. The van der Waals surface area contributed by atoms with Gasteiger partial charge in [0, 0.05) is 44.5 Å². The largest absolute Gasteiger partial charge is 0.478 e. The Labute approximate surface area is 169 Å². The highest BCUT2D eigenvalue weighted by atomic mass is 16.5. The summed E-state index contributed by atoms with van der Waals surface area (Å²) in [5.41, 5.74) is 1.09. The van der Waals surface area contributed by atoms with Gasteiger partial charge < -0.3 is 20.1 Å². The van der Waals surface area contributed by atoms with Crippen molar-refractivity contribution in [2.75, 3.05) is 46.0 Å². The molecule has 2 heterocycles. The van der Waals surface area contributed by atoms with E-state index in [0.29, 0.717) is 31.0 Å². The molecule has 1 unspecified atom stereocenters. The van der Waals surface area contributed by atoms with Crippen molar-refractivity contribution >= 4 is 5.96 Å². The first-order valence-corrected chi connectivity index (χ1v) is 10.5. The Bertz CT molecular complexity index is 588. The molecule has 28 heavy (non-hydrogen) atoms. The van der Waals surface area contributed by atoms with Crippen molar-refractivity contribution in [3.05, 3.63) is 23.9 Å². The molecule has 1 aliphatic heterocycles. The first-order valence-electron chi connectivity index (χ1n) is 10.5. The fourth-order valence-electron chi connectivity index (χ4n) is 3.35. The summed E-state index contributed by atoms with van der Waals surface area (Å²) in [6.45, 7) is 15.2. The van der Waals surface area contributed by atoms with Gasteiger partial charge in [0.2, 0.25) is 5.88 Å². The summed E-state index contributed by atoms with van der Waals surface area (Å²) in [5.74, 6) is 2.15. The molecule has 1 atom stereocenters. The lowest BCUT2D eigenvalue weighted by Gasteiger charge is -2.35. The molecule has 0 bridgehead atoms. The van der Waals surface area contributed by atoms with Crippen LogP contribution in [0.5, 0.6) is 5.88 Å². The van der Waals surface area contributed by atoms with E-state index in [1.807, 2.05) is 19.1 Å². The number of morpholine rings is 1. The normalized spacial score (nSPS) is 16.8. The Morgan fingerprint density at radius 2 is 2.07 bits per heavy atom. The number of nitrogens with zero attached hydrogens (tertiary/aromatic N) is 3. The van der Waals surface area contributed by atoms with Crippen LogP contribution in [0.15, 0.2) is 23.3 Å². The molecule has 1 aromatic rings. The number of hydrogen-bond donors (Lipinski definition) is 2. The Morgan fingerprint density at radius 1 is 1.29 bits per heavy atom. The first-order chi connectivity index (χ1) is 13.6. The zero-order valence-corrected chi connectivity index (χ0v) is 17.9. The van der Waals surface area contributed by atoms with E-state index in [4.69, 9.17) is 14.5 Å². The van der Waals surface area contributed by atoms with Crippen molar-refractivity contribution < 1.29 is 9.47 Å². The van der Waals surface area contributed by atoms with Crippen molar-refractivity contribution in [2.24, 2.45) is 10.9 Å². The minimum absolute atomic E-state index is 0.484. The topological polar surface area (TPSA) is 71.0 Å². The molecule has 7 heteroatoms. The van der Waals surface area contributed by atoms with E-state index in [0.717, 1.165) is 57.3 Å². The second-order valence-corrected chi connectivity index (χ2v) is 7.44. The van der Waals surface area contributed by atoms with E-state index in [1.54, 1.807) is 6.20 Å². The minimum Gasteiger partial charge on any atom is -0.478 e. The number of hydrogen-bond acceptors (Lipinski definition) is 5. The smallest absolute Gasteiger partial charge is 0.213 e. The molecule has 158 valence electrons. The van der Waals surface area contributed by atoms with Crippen LogP contribution in [0.3, 0.4) is 0 Å². The molecule has 1 aromatic heterocycles.